The number of piperidine rings is 2. The van der Waals surface area contributed by atoms with Crippen LogP contribution in [-0.2, 0) is 120 Å². The van der Waals surface area contributed by atoms with Crippen molar-refractivity contribution in [3.63, 3.8) is 0 Å². The lowest BCUT2D eigenvalue weighted by Gasteiger charge is -2.59. The van der Waals surface area contributed by atoms with Gasteiger partial charge in [0.25, 0.3) is 0 Å². The molecule has 2 saturated carbocycles. The molecule has 0 radical (unpaired) electrons. The highest BCUT2D eigenvalue weighted by molar-refractivity contribution is 5.97. The monoisotopic (exact) mass is 1740 g/mol. The Morgan fingerprint density at radius 3 is 1.71 bits per heavy atom. The quantitative estimate of drug-likeness (QED) is 0.0266. The predicted molar refractivity (Wildman–Crippen MR) is 477 cm³/mol. The molecule has 29 heteroatoms. The van der Waals surface area contributed by atoms with Crippen molar-refractivity contribution in [1.82, 2.24) is 38.7 Å². The van der Waals surface area contributed by atoms with Gasteiger partial charge < -0.3 is 87.4 Å². The summed E-state index contributed by atoms with van der Waals surface area (Å²) in [5.74, 6) is -4.86. The number of nitro groups is 1. The summed E-state index contributed by atoms with van der Waals surface area (Å²) < 4.78 is 52.6. The van der Waals surface area contributed by atoms with E-state index in [1.807, 2.05) is 89.2 Å². The first-order chi connectivity index (χ1) is 60.8. The van der Waals surface area contributed by atoms with Gasteiger partial charge in [-0.15, -0.1) is 0 Å². The highest BCUT2D eigenvalue weighted by Gasteiger charge is 2.80. The number of carbonyl (C=O) groups excluding carboxylic acids is 6. The number of aliphatic hydroxyl groups excluding tert-OH is 1. The van der Waals surface area contributed by atoms with Gasteiger partial charge in [0.1, 0.15) is 22.7 Å². The summed E-state index contributed by atoms with van der Waals surface area (Å²) >= 11 is 0. The van der Waals surface area contributed by atoms with Crippen LogP contribution in [0.15, 0.2) is 115 Å². The average molecular weight is 1750 g/mol. The first-order valence-electron chi connectivity index (χ1n) is 45.6. The fraction of sp³-hybridized carbons (Fsp3) is 0.582. The second-order valence-corrected chi connectivity index (χ2v) is 38.2. The zero-order valence-electron chi connectivity index (χ0n) is 76.4. The van der Waals surface area contributed by atoms with Crippen molar-refractivity contribution in [3.05, 3.63) is 176 Å². The van der Waals surface area contributed by atoms with Gasteiger partial charge in [0.05, 0.1) is 59.8 Å². The number of nitrogens with zero attached hydrogens (tertiary/aromatic N) is 10. The molecule has 4 saturated heterocycles. The largest absolute Gasteiger partial charge is 0.468 e. The number of esters is 6. The fourth-order valence-electron chi connectivity index (χ4n) is 27.7. The molecule has 3 aromatic heterocycles. The summed E-state index contributed by atoms with van der Waals surface area (Å²) in [6.45, 7) is 27.7. The number of imidazole rings is 1. The van der Waals surface area contributed by atoms with Crippen molar-refractivity contribution >= 4 is 74.9 Å². The number of carbonyl (C=O) groups is 6. The van der Waals surface area contributed by atoms with E-state index in [1.165, 1.54) is 57.8 Å². The Kier molecular flexibility index (Phi) is 23.4. The van der Waals surface area contributed by atoms with Gasteiger partial charge in [0, 0.05) is 197 Å². The number of aromatic amines is 1. The number of aliphatic hydroxyl groups is 2. The molecule has 19 rings (SSSR count). The number of anilines is 2. The number of H-pyrrole nitrogens is 1. The lowest BCUT2D eigenvalue weighted by atomic mass is 9.53. The molecule has 3 N–H and O–H groups in total. The van der Waals surface area contributed by atoms with Crippen LogP contribution in [0.25, 0.3) is 21.8 Å². The molecule has 2 aliphatic carbocycles. The number of ether oxygens (including phenoxy) is 8. The van der Waals surface area contributed by atoms with E-state index in [0.717, 1.165) is 131 Å². The van der Waals surface area contributed by atoms with E-state index in [4.69, 9.17) is 37.9 Å². The second kappa shape index (κ2) is 33.3. The summed E-state index contributed by atoms with van der Waals surface area (Å²) in [6, 6.07) is 27.7. The minimum atomic E-state index is -2.22. The minimum absolute atomic E-state index is 0.0512. The van der Waals surface area contributed by atoms with Crippen molar-refractivity contribution < 1.29 is 81.8 Å². The van der Waals surface area contributed by atoms with Crippen molar-refractivity contribution in [2.45, 2.75) is 201 Å². The van der Waals surface area contributed by atoms with E-state index < -0.39 is 104 Å². The van der Waals surface area contributed by atoms with Gasteiger partial charge >= 0.3 is 41.8 Å². The molecule has 4 bridgehead atoms. The van der Waals surface area contributed by atoms with Gasteiger partial charge in [-0.05, 0) is 134 Å². The smallest absolute Gasteiger partial charge is 0.434 e. The molecule has 12 aliphatic rings. The van der Waals surface area contributed by atoms with Crippen molar-refractivity contribution in [2.75, 3.05) is 131 Å². The van der Waals surface area contributed by atoms with Crippen LogP contribution in [0.3, 0.4) is 0 Å². The lowest BCUT2D eigenvalue weighted by molar-refractivity contribution is -0.396. The van der Waals surface area contributed by atoms with Crippen LogP contribution >= 0.6 is 0 Å². The maximum Gasteiger partial charge on any atom is 0.434 e. The number of benzene rings is 4. The number of hydrogen-bond acceptors (Lipinski definition) is 25. The molecule has 6 fully saturated rings. The zero-order valence-corrected chi connectivity index (χ0v) is 76.4. The molecule has 22 unspecified atom stereocenters. The number of hydrogen-bond donors (Lipinski definition) is 3. The Balaban J connectivity index is 0.000000157. The van der Waals surface area contributed by atoms with Gasteiger partial charge in [-0.3, -0.25) is 29.0 Å². The number of methoxy groups -OCH3 is 4. The van der Waals surface area contributed by atoms with Crippen LogP contribution in [0, 0.1) is 45.6 Å². The molecule has 4 aromatic carbocycles. The normalized spacial score (nSPS) is 33.9. The summed E-state index contributed by atoms with van der Waals surface area (Å²) in [7, 11) is 11.2. The molecule has 2 spiro atoms. The van der Waals surface area contributed by atoms with Gasteiger partial charge in [-0.25, -0.2) is 14.2 Å². The van der Waals surface area contributed by atoms with E-state index in [1.54, 1.807) is 13.2 Å². The predicted octanol–water partition coefficient (Wildman–Crippen LogP) is 9.54. The molecule has 13 heterocycles. The fourth-order valence-corrected chi connectivity index (χ4v) is 27.7. The lowest BCUT2D eigenvalue weighted by Crippen LogP contribution is -2.78. The molecular weight excluding hydrogens is 1620 g/mol. The van der Waals surface area contributed by atoms with Crippen LogP contribution in [0.4, 0.5) is 17.3 Å². The summed E-state index contributed by atoms with van der Waals surface area (Å²) in [6.07, 6.45) is 11.3. The number of rotatable bonds is 16. The third-order valence-corrected chi connectivity index (χ3v) is 31.8. The van der Waals surface area contributed by atoms with Crippen LogP contribution < -0.4 is 9.80 Å². The highest BCUT2D eigenvalue weighted by atomic mass is 16.6. The van der Waals surface area contributed by atoms with Gasteiger partial charge in [0.2, 0.25) is 11.2 Å². The summed E-state index contributed by atoms with van der Waals surface area (Å²) in [5.41, 5.74) is 4.33. The second-order valence-electron chi connectivity index (χ2n) is 38.2. The molecule has 29 nitrogen and oxygen atoms in total. The molecule has 7 aromatic rings. The number of aromatic nitrogens is 4. The van der Waals surface area contributed by atoms with Crippen molar-refractivity contribution in [2.24, 2.45) is 42.6 Å². The summed E-state index contributed by atoms with van der Waals surface area (Å²) in [4.78, 5) is 117. The first-order valence-corrected chi connectivity index (χ1v) is 45.6. The van der Waals surface area contributed by atoms with Crippen LogP contribution in [0.5, 0.6) is 0 Å². The molecule has 10 aliphatic heterocycles. The topological polar surface area (TPSA) is 318 Å². The Hall–Kier alpha value is -9.85. The first kappa shape index (κ1) is 89.1. The van der Waals surface area contributed by atoms with Crippen LogP contribution in [0.1, 0.15) is 145 Å². The number of aryl methyl sites for hydroxylation is 1. The Morgan fingerprint density at radius 2 is 1.16 bits per heavy atom. The van der Waals surface area contributed by atoms with Gasteiger partial charge in [0.15, 0.2) is 12.2 Å². The minimum Gasteiger partial charge on any atom is -0.468 e. The van der Waals surface area contributed by atoms with Gasteiger partial charge in [-0.2, -0.15) is 0 Å². The third kappa shape index (κ3) is 12.8. The standard InChI is InChI=1S/C48H62N4O8.C42H50N4O8.C8H13N3O2/c1-9-31-36-27-50(28-39(31)58-11-3)24-21-33-32-16-13-14-18-37(32)52(10-2)41(33)47(36,44(54)56-7)30-19-20-38-35(26-30)46-22-25-51-23-15-17-34(40(46)51)42(60-29(5)53)48(59-12-4,45(55)57-8)43(46)49(38)6;1-6-25-30-21-45(22-33(25)48)18-15-27-26-10-7-8-12-31(26)43-34(27)41(30,38(49)52-4)24-13-14-32-29(20-24)40-16-19-46-17-9-11-28(35(40)46)36(54-23(2)47)42(51,39(50)53-5)37(40)44(32)3;1-8(2,3)6-5-9-7(10(6)4)11(12)13/h13-20,26,31,34,36,39-40,42-43H,9-12,21-25,27-28H2,1-8H3;7-14,20,25,28,30,33,35-37,43,48,51H,6,15-19,21-22H2,1-5H3;5H,1-4H3. The van der Waals surface area contributed by atoms with E-state index >= 15 is 9.59 Å². The molecule has 22 atom stereocenters. The van der Waals surface area contributed by atoms with E-state index in [9.17, 15) is 39.5 Å². The van der Waals surface area contributed by atoms with E-state index in [2.05, 4.69) is 133 Å². The maximum absolute atomic E-state index is 15.7. The number of likely N-dealkylation sites (N-methyl/N-ethyl adjacent to an activating group) is 2. The molecule has 0 amide bonds. The Morgan fingerprint density at radius 1 is 0.622 bits per heavy atom. The van der Waals surface area contributed by atoms with E-state index in [-0.39, 0.29) is 71.7 Å². The number of para-hydroxylation sites is 2. The highest BCUT2D eigenvalue weighted by Crippen LogP contribution is 2.68. The number of nitrogens with one attached hydrogen (secondary N) is 1. The zero-order chi connectivity index (χ0) is 90.4. The Bertz CT molecular complexity index is 5560. The molecular formula is C98H125N11O18. The summed E-state index contributed by atoms with van der Waals surface area (Å²) in [5, 5.41) is 37.4. The maximum atomic E-state index is 15.7. The van der Waals surface area contributed by atoms with Crippen LogP contribution in [0.2, 0.25) is 0 Å². The van der Waals surface area contributed by atoms with Crippen molar-refractivity contribution in [3.8, 4) is 0 Å². The van der Waals surface area contributed by atoms with Gasteiger partial charge in [-0.1, -0.05) is 137 Å². The third-order valence-electron chi connectivity index (χ3n) is 31.8. The van der Waals surface area contributed by atoms with Crippen LogP contribution in [-0.4, -0.2) is 271 Å². The molecule has 127 heavy (non-hydrogen) atoms. The molecule has 680 valence electrons. The number of fused-ring (bicyclic) bond motifs is 12. The van der Waals surface area contributed by atoms with E-state index in [0.29, 0.717) is 58.6 Å². The Labute approximate surface area is 742 Å². The average Bonchev–Trinajstić information content (AvgIpc) is 1.50. The SMILES string of the molecule is CCC1C(O)CN2CCc3c([nH]c4ccccc34)C(C(=O)OC)(c3ccc4c(c3)C35CCN6CC=CC(C(OC(C)=O)C(O)(C(=O)OC)C3N4C)C65)C1C2.CCOC1CN2CCc3c(n(CC)c4ccccc34)C(C(=O)OC)(c3ccc4c(c3)C35CCN6CC=CC(C(OC(C)=O)C(OCC)(C(=O)OC)C3N4C)C65)C(C2)C1CC.Cn1c(C(C)(C)C)cnc1[N+](=O)[O-]. The van der Waals surface area contributed by atoms with Crippen molar-refractivity contribution in [1.29, 1.82) is 0 Å².